The Hall–Kier alpha value is -0.970. The molecule has 82 valence electrons. The smallest absolute Gasteiger partial charge is 0.134 e. The molecule has 15 heavy (non-hydrogen) atoms. The lowest BCUT2D eigenvalue weighted by Crippen LogP contribution is -2.20. The van der Waals surface area contributed by atoms with Crippen LogP contribution in [0, 0.1) is 0 Å². The molecule has 1 aromatic heterocycles. The maximum absolute atomic E-state index is 5.81. The van der Waals surface area contributed by atoms with E-state index in [-0.39, 0.29) is 0 Å². The molecule has 2 heterocycles. The van der Waals surface area contributed by atoms with E-state index < -0.39 is 0 Å². The van der Waals surface area contributed by atoms with Crippen LogP contribution in [0.15, 0.2) is 6.33 Å². The number of nitrogens with zero attached hydrogens (tertiary/aromatic N) is 2. The summed E-state index contributed by atoms with van der Waals surface area (Å²) in [6.45, 7) is 2.07. The van der Waals surface area contributed by atoms with Gasteiger partial charge in [0.25, 0.3) is 0 Å². The highest BCUT2D eigenvalue weighted by atomic mass is 32.2. The zero-order chi connectivity index (χ0) is 10.7. The number of rotatable bonds is 3. The van der Waals surface area contributed by atoms with Crippen molar-refractivity contribution in [2.75, 3.05) is 22.6 Å². The summed E-state index contributed by atoms with van der Waals surface area (Å²) in [7, 11) is 0. The zero-order valence-electron chi connectivity index (χ0n) is 8.86. The second kappa shape index (κ2) is 4.70. The number of nitrogens with one attached hydrogen (secondary N) is 1. The van der Waals surface area contributed by atoms with Crippen molar-refractivity contribution in [1.82, 2.24) is 9.97 Å². The summed E-state index contributed by atoms with van der Waals surface area (Å²) in [5.74, 6) is 3.91. The Morgan fingerprint density at radius 3 is 3.13 bits per heavy atom. The third-order valence-electron chi connectivity index (χ3n) is 2.60. The Kier molecular flexibility index (Phi) is 3.30. The van der Waals surface area contributed by atoms with E-state index in [1.165, 1.54) is 18.5 Å². The summed E-state index contributed by atoms with van der Waals surface area (Å²) in [4.78, 5) is 8.27. The van der Waals surface area contributed by atoms with Gasteiger partial charge in [0, 0.05) is 17.4 Å². The number of thioether (sulfide) groups is 1. The van der Waals surface area contributed by atoms with E-state index in [0.29, 0.717) is 11.9 Å². The number of hydrogen-bond donors (Lipinski definition) is 2. The molecular weight excluding hydrogens is 208 g/mol. The number of hydrogen-bond acceptors (Lipinski definition) is 5. The third-order valence-corrected chi connectivity index (χ3v) is 3.77. The predicted octanol–water partition coefficient (Wildman–Crippen LogP) is 1.54. The molecule has 0 aliphatic carbocycles. The molecule has 1 aromatic rings. The number of anilines is 2. The van der Waals surface area contributed by atoms with E-state index in [4.69, 9.17) is 5.73 Å². The van der Waals surface area contributed by atoms with Crippen molar-refractivity contribution < 1.29 is 0 Å². The van der Waals surface area contributed by atoms with Crippen LogP contribution in [0.3, 0.4) is 0 Å². The molecule has 0 bridgehead atoms. The van der Waals surface area contributed by atoms with Crippen molar-refractivity contribution in [3.05, 3.63) is 11.9 Å². The van der Waals surface area contributed by atoms with Crippen LogP contribution in [-0.4, -0.2) is 27.5 Å². The van der Waals surface area contributed by atoms with Crippen LogP contribution < -0.4 is 11.1 Å². The molecule has 0 radical (unpaired) electrons. The average Bonchev–Trinajstić information content (AvgIpc) is 2.71. The van der Waals surface area contributed by atoms with E-state index in [1.54, 1.807) is 0 Å². The topological polar surface area (TPSA) is 63.8 Å². The van der Waals surface area contributed by atoms with Crippen molar-refractivity contribution in [2.24, 2.45) is 0 Å². The molecule has 0 aromatic carbocycles. The fourth-order valence-corrected chi connectivity index (χ4v) is 2.89. The zero-order valence-corrected chi connectivity index (χ0v) is 9.68. The first-order valence-corrected chi connectivity index (χ1v) is 6.40. The van der Waals surface area contributed by atoms with Gasteiger partial charge in [-0.3, -0.25) is 0 Å². The molecule has 2 rings (SSSR count). The molecular formula is C10H16N4S. The molecule has 0 spiro atoms. The highest BCUT2D eigenvalue weighted by Gasteiger charge is 2.17. The van der Waals surface area contributed by atoms with Gasteiger partial charge in [0.15, 0.2) is 0 Å². The highest BCUT2D eigenvalue weighted by Crippen LogP contribution is 2.24. The number of nitrogens with two attached hydrogens (primary N) is 1. The standard InChI is InChI=1S/C10H16N4S/c1-2-8-9(11)12-6-13-10(8)14-7-3-4-15-5-7/h6-7H,2-5H2,1H3,(H3,11,12,13,14). The molecule has 0 amide bonds. The SMILES string of the molecule is CCc1c(N)ncnc1NC1CCSC1. The summed E-state index contributed by atoms with van der Waals surface area (Å²) in [5.41, 5.74) is 6.85. The largest absolute Gasteiger partial charge is 0.383 e. The fraction of sp³-hybridized carbons (Fsp3) is 0.600. The molecule has 1 saturated heterocycles. The van der Waals surface area contributed by atoms with Crippen LogP contribution in [0.2, 0.25) is 0 Å². The van der Waals surface area contributed by atoms with Gasteiger partial charge in [-0.15, -0.1) is 0 Å². The average molecular weight is 224 g/mol. The Morgan fingerprint density at radius 2 is 2.47 bits per heavy atom. The van der Waals surface area contributed by atoms with E-state index in [9.17, 15) is 0 Å². The van der Waals surface area contributed by atoms with Gasteiger partial charge in [0.05, 0.1) is 0 Å². The Balaban J connectivity index is 2.15. The second-order valence-corrected chi connectivity index (χ2v) is 4.79. The first kappa shape index (κ1) is 10.5. The van der Waals surface area contributed by atoms with Crippen molar-refractivity contribution in [2.45, 2.75) is 25.8 Å². The maximum Gasteiger partial charge on any atom is 0.134 e. The van der Waals surface area contributed by atoms with E-state index in [2.05, 4.69) is 22.2 Å². The molecule has 5 heteroatoms. The lowest BCUT2D eigenvalue weighted by atomic mass is 10.2. The third kappa shape index (κ3) is 2.34. The lowest BCUT2D eigenvalue weighted by molar-refractivity contribution is 0.801. The van der Waals surface area contributed by atoms with Crippen LogP contribution in [-0.2, 0) is 6.42 Å². The van der Waals surface area contributed by atoms with Crippen LogP contribution in [0.5, 0.6) is 0 Å². The summed E-state index contributed by atoms with van der Waals surface area (Å²) in [6.07, 6.45) is 3.60. The van der Waals surface area contributed by atoms with Gasteiger partial charge in [-0.25, -0.2) is 9.97 Å². The van der Waals surface area contributed by atoms with Gasteiger partial charge in [0.1, 0.15) is 18.0 Å². The quantitative estimate of drug-likeness (QED) is 0.815. The summed E-state index contributed by atoms with van der Waals surface area (Å²) < 4.78 is 0. The predicted molar refractivity (Wildman–Crippen MR) is 65.2 cm³/mol. The van der Waals surface area contributed by atoms with Gasteiger partial charge in [-0.1, -0.05) is 6.92 Å². The summed E-state index contributed by atoms with van der Waals surface area (Å²) >= 11 is 1.98. The molecule has 3 N–H and O–H groups in total. The molecule has 0 saturated carbocycles. The minimum atomic E-state index is 0.537. The fourth-order valence-electron chi connectivity index (χ4n) is 1.74. The lowest BCUT2D eigenvalue weighted by Gasteiger charge is -2.15. The Bertz CT molecular complexity index is 336. The van der Waals surface area contributed by atoms with Gasteiger partial charge >= 0.3 is 0 Å². The Morgan fingerprint density at radius 1 is 1.60 bits per heavy atom. The van der Waals surface area contributed by atoms with Crippen LogP contribution >= 0.6 is 11.8 Å². The van der Waals surface area contributed by atoms with Crippen LogP contribution in [0.4, 0.5) is 11.6 Å². The summed E-state index contributed by atoms with van der Waals surface area (Å²) in [5, 5.41) is 3.45. The molecule has 1 unspecified atom stereocenters. The Labute approximate surface area is 94.1 Å². The van der Waals surface area contributed by atoms with Crippen LogP contribution in [0.25, 0.3) is 0 Å². The van der Waals surface area contributed by atoms with Crippen molar-refractivity contribution in [3.8, 4) is 0 Å². The molecule has 1 aliphatic heterocycles. The van der Waals surface area contributed by atoms with Gasteiger partial charge in [0.2, 0.25) is 0 Å². The molecule has 1 fully saturated rings. The molecule has 1 atom stereocenters. The van der Waals surface area contributed by atoms with E-state index in [1.807, 2.05) is 11.8 Å². The first-order valence-electron chi connectivity index (χ1n) is 5.25. The van der Waals surface area contributed by atoms with Crippen molar-refractivity contribution >= 4 is 23.4 Å². The minimum Gasteiger partial charge on any atom is -0.383 e. The number of aromatic nitrogens is 2. The highest BCUT2D eigenvalue weighted by molar-refractivity contribution is 7.99. The van der Waals surface area contributed by atoms with Crippen molar-refractivity contribution in [3.63, 3.8) is 0 Å². The van der Waals surface area contributed by atoms with Gasteiger partial charge in [-0.2, -0.15) is 11.8 Å². The van der Waals surface area contributed by atoms with E-state index in [0.717, 1.165) is 23.6 Å². The van der Waals surface area contributed by atoms with E-state index >= 15 is 0 Å². The van der Waals surface area contributed by atoms with Crippen molar-refractivity contribution in [1.29, 1.82) is 0 Å². The minimum absolute atomic E-state index is 0.537. The summed E-state index contributed by atoms with van der Waals surface area (Å²) in [6, 6.07) is 0.537. The monoisotopic (exact) mass is 224 g/mol. The van der Waals surface area contributed by atoms with Crippen LogP contribution in [0.1, 0.15) is 18.9 Å². The maximum atomic E-state index is 5.81. The van der Waals surface area contributed by atoms with Gasteiger partial charge < -0.3 is 11.1 Å². The number of nitrogen functional groups attached to an aromatic ring is 1. The molecule has 1 aliphatic rings. The first-order chi connectivity index (χ1) is 7.31. The second-order valence-electron chi connectivity index (χ2n) is 3.64. The van der Waals surface area contributed by atoms with Gasteiger partial charge in [-0.05, 0) is 18.6 Å². The normalized spacial score (nSPS) is 20.5. The molecule has 4 nitrogen and oxygen atoms in total.